The summed E-state index contributed by atoms with van der Waals surface area (Å²) in [5.74, 6) is -1.23. The van der Waals surface area contributed by atoms with Crippen molar-refractivity contribution >= 4 is 11.9 Å². The highest BCUT2D eigenvalue weighted by molar-refractivity contribution is 5.80. The third-order valence-electron chi connectivity index (χ3n) is 16.4. The Kier molecular flexibility index (Phi) is 62.4. The summed E-state index contributed by atoms with van der Waals surface area (Å²) < 4.78 is 17.7. The van der Waals surface area contributed by atoms with Crippen LogP contribution in [0.4, 0.5) is 0 Å². The van der Waals surface area contributed by atoms with Crippen LogP contribution >= 0.6 is 0 Å². The van der Waals surface area contributed by atoms with Crippen LogP contribution in [0.5, 0.6) is 0 Å². The molecule has 11 nitrogen and oxygen atoms in total. The fraction of sp³-hybridized carbons (Fsp3) is 0.659. The molecule has 1 aliphatic heterocycles. The molecule has 0 aromatic carbocycles. The summed E-state index contributed by atoms with van der Waals surface area (Å²) in [5.41, 5.74) is 0. The molecule has 0 aromatic rings. The quantitative estimate of drug-likeness (QED) is 0.0195. The van der Waals surface area contributed by atoms with Crippen molar-refractivity contribution in [3.63, 3.8) is 0 Å². The third-order valence-corrected chi connectivity index (χ3v) is 16.4. The van der Waals surface area contributed by atoms with Crippen molar-refractivity contribution < 1.29 is 49.3 Å². The number of ether oxygens (including phenoxy) is 3. The minimum atomic E-state index is -1.63. The smallest absolute Gasteiger partial charge is 0.306 e. The SMILES string of the molecule is CC/C=C\C/C=C\C/C=C\C/C=C\C/C=C\C/C=C\CCCCCCCCCC(O)C(=O)NC(COC1OC(CO)C(O)C(O)C1OC(=O)CCCCCCCC/C=C\C/C=C\C/C=C\C/C=C\C/C=C\C/C=C\CC)C(O)/C=C/CCCCCCCCCCCCC. The van der Waals surface area contributed by atoms with Gasteiger partial charge < -0.3 is 45.1 Å². The largest absolute Gasteiger partial charge is 0.454 e. The average Bonchev–Trinajstić information content (AvgIpc) is 0.910. The first kappa shape index (κ1) is 86.3. The maximum atomic E-state index is 13.5. The average molecular weight is 1290 g/mol. The summed E-state index contributed by atoms with van der Waals surface area (Å²) in [6.07, 6.45) is 88.4. The number of amides is 1. The van der Waals surface area contributed by atoms with Gasteiger partial charge >= 0.3 is 5.97 Å². The van der Waals surface area contributed by atoms with E-state index < -0.39 is 67.4 Å². The molecule has 0 spiro atoms. The molecule has 528 valence electrons. The number of aliphatic hydroxyl groups is 5. The molecule has 0 aliphatic carbocycles. The van der Waals surface area contributed by atoms with Gasteiger partial charge in [0, 0.05) is 6.42 Å². The molecule has 0 radical (unpaired) electrons. The van der Waals surface area contributed by atoms with Gasteiger partial charge in [0.25, 0.3) is 0 Å². The predicted octanol–water partition coefficient (Wildman–Crippen LogP) is 19.8. The molecular formula is C82H135NO10. The molecule has 0 saturated carbocycles. The van der Waals surface area contributed by atoms with E-state index in [9.17, 15) is 35.1 Å². The zero-order valence-electron chi connectivity index (χ0n) is 58.8. The Bertz CT molecular complexity index is 2130. The molecule has 6 N–H and O–H groups in total. The number of allylic oxidation sites excluding steroid dienone is 25. The second-order valence-electron chi connectivity index (χ2n) is 24.9. The van der Waals surface area contributed by atoms with E-state index in [-0.39, 0.29) is 19.4 Å². The van der Waals surface area contributed by atoms with E-state index in [0.717, 1.165) is 180 Å². The zero-order chi connectivity index (χ0) is 67.4. The Labute approximate surface area is 568 Å². The Balaban J connectivity index is 2.60. The topological polar surface area (TPSA) is 175 Å². The molecule has 1 saturated heterocycles. The van der Waals surface area contributed by atoms with Crippen LogP contribution in [0.15, 0.2) is 158 Å². The maximum Gasteiger partial charge on any atom is 0.306 e. The summed E-state index contributed by atoms with van der Waals surface area (Å²) in [5, 5.41) is 57.4. The first-order valence-electron chi connectivity index (χ1n) is 37.3. The van der Waals surface area contributed by atoms with Gasteiger partial charge in [0.1, 0.15) is 24.4 Å². The van der Waals surface area contributed by atoms with E-state index in [1.165, 1.54) is 57.8 Å². The summed E-state index contributed by atoms with van der Waals surface area (Å²) >= 11 is 0. The summed E-state index contributed by atoms with van der Waals surface area (Å²) in [7, 11) is 0. The number of nitrogens with one attached hydrogen (secondary N) is 1. The standard InChI is InChI=1S/C82H135NO10/c1-4-7-10-13-16-19-22-25-27-29-31-33-35-37-39-40-42-44-46-48-51-54-57-60-63-66-69-75(86)81(90)83-73(74(85)68-65-62-59-56-53-50-24-21-18-15-12-9-6-3)72-91-82-80(79(89)78(88)76(71-84)92-82)93-77(87)70-67-64-61-58-55-52-49-47-45-43-41-38-36-34-32-30-28-26-23-20-17-14-11-8-5-2/h7-8,10-11,16-17,19-20,25-28,31-34,37-39,41-42,44-45,47,65,68,73-76,78-80,82,84-86,88-89H,4-6,9,12-15,18,21-24,29-30,35-36,40,43,46,48-64,66-67,69-72H2,1-3H3,(H,83,90)/b10-7-,11-8-,19-16-,20-17-,27-25-,28-26-,33-31-,34-32-,39-37-,41-38-,44-42-,47-45-,68-65+. The monoisotopic (exact) mass is 1290 g/mol. The van der Waals surface area contributed by atoms with Gasteiger partial charge in [0.05, 0.1) is 25.4 Å². The van der Waals surface area contributed by atoms with Gasteiger partial charge in [0.15, 0.2) is 12.4 Å². The molecule has 0 bridgehead atoms. The number of esters is 1. The van der Waals surface area contributed by atoms with Gasteiger partial charge in [-0.3, -0.25) is 9.59 Å². The number of hydrogen-bond donors (Lipinski definition) is 6. The molecule has 1 aliphatic rings. The number of carbonyl (C=O) groups excluding carboxylic acids is 2. The van der Waals surface area contributed by atoms with Gasteiger partial charge in [-0.1, -0.05) is 307 Å². The van der Waals surface area contributed by atoms with E-state index in [4.69, 9.17) is 14.2 Å². The Morgan fingerprint density at radius 2 is 0.774 bits per heavy atom. The van der Waals surface area contributed by atoms with Crippen molar-refractivity contribution in [1.29, 1.82) is 0 Å². The Hall–Kier alpha value is -4.72. The van der Waals surface area contributed by atoms with Crippen molar-refractivity contribution in [3.05, 3.63) is 158 Å². The lowest BCUT2D eigenvalue weighted by molar-refractivity contribution is -0.305. The van der Waals surface area contributed by atoms with E-state index in [0.29, 0.717) is 12.8 Å². The second kappa shape index (κ2) is 67.3. The van der Waals surface area contributed by atoms with Gasteiger partial charge in [-0.25, -0.2) is 0 Å². The van der Waals surface area contributed by atoms with E-state index in [1.807, 2.05) is 6.08 Å². The lowest BCUT2D eigenvalue weighted by Crippen LogP contribution is -2.61. The van der Waals surface area contributed by atoms with Gasteiger partial charge in [-0.2, -0.15) is 0 Å². The molecule has 1 fully saturated rings. The molecule has 8 unspecified atom stereocenters. The molecule has 8 atom stereocenters. The maximum absolute atomic E-state index is 13.5. The Morgan fingerprint density at radius 3 is 1.16 bits per heavy atom. The van der Waals surface area contributed by atoms with Crippen LogP contribution in [0.3, 0.4) is 0 Å². The van der Waals surface area contributed by atoms with Gasteiger partial charge in [0.2, 0.25) is 5.91 Å². The molecule has 1 heterocycles. The Morgan fingerprint density at radius 1 is 0.430 bits per heavy atom. The summed E-state index contributed by atoms with van der Waals surface area (Å²) in [4.78, 5) is 26.8. The zero-order valence-corrected chi connectivity index (χ0v) is 58.8. The molecular weight excluding hydrogens is 1160 g/mol. The van der Waals surface area contributed by atoms with Crippen LogP contribution < -0.4 is 5.32 Å². The summed E-state index contributed by atoms with van der Waals surface area (Å²) in [6.45, 7) is 5.56. The number of aliphatic hydroxyl groups excluding tert-OH is 5. The third kappa shape index (κ3) is 54.1. The highest BCUT2D eigenvalue weighted by atomic mass is 16.7. The second-order valence-corrected chi connectivity index (χ2v) is 24.9. The van der Waals surface area contributed by atoms with Crippen molar-refractivity contribution in [1.82, 2.24) is 5.32 Å². The number of hydrogen-bond acceptors (Lipinski definition) is 10. The first-order chi connectivity index (χ1) is 45.7. The number of unbranched alkanes of at least 4 members (excludes halogenated alkanes) is 24. The van der Waals surface area contributed by atoms with E-state index >= 15 is 0 Å². The van der Waals surface area contributed by atoms with E-state index in [2.05, 4.69) is 172 Å². The predicted molar refractivity (Wildman–Crippen MR) is 393 cm³/mol. The highest BCUT2D eigenvalue weighted by Crippen LogP contribution is 2.26. The fourth-order valence-corrected chi connectivity index (χ4v) is 10.7. The van der Waals surface area contributed by atoms with Crippen LogP contribution in [0, 0.1) is 0 Å². The van der Waals surface area contributed by atoms with Crippen molar-refractivity contribution in [2.75, 3.05) is 13.2 Å². The summed E-state index contributed by atoms with van der Waals surface area (Å²) in [6, 6.07) is -1.05. The van der Waals surface area contributed by atoms with Crippen molar-refractivity contribution in [3.8, 4) is 0 Å². The first-order valence-corrected chi connectivity index (χ1v) is 37.3. The highest BCUT2D eigenvalue weighted by Gasteiger charge is 2.47. The van der Waals surface area contributed by atoms with Gasteiger partial charge in [-0.15, -0.1) is 0 Å². The molecule has 93 heavy (non-hydrogen) atoms. The minimum absolute atomic E-state index is 0.0962. The fourth-order valence-electron chi connectivity index (χ4n) is 10.7. The van der Waals surface area contributed by atoms with Crippen LogP contribution in [-0.2, 0) is 23.8 Å². The lowest BCUT2D eigenvalue weighted by atomic mass is 9.99. The molecule has 11 heteroatoms. The van der Waals surface area contributed by atoms with Crippen LogP contribution in [0.1, 0.15) is 284 Å². The van der Waals surface area contributed by atoms with Gasteiger partial charge in [-0.05, 0) is 128 Å². The molecule has 1 amide bonds. The molecule has 1 rings (SSSR count). The van der Waals surface area contributed by atoms with Crippen LogP contribution in [-0.4, -0.2) is 99.6 Å². The van der Waals surface area contributed by atoms with Crippen molar-refractivity contribution in [2.24, 2.45) is 0 Å². The lowest BCUT2D eigenvalue weighted by Gasteiger charge is -2.41. The van der Waals surface area contributed by atoms with E-state index in [1.54, 1.807) is 6.08 Å². The number of rotatable bonds is 62. The minimum Gasteiger partial charge on any atom is -0.454 e. The van der Waals surface area contributed by atoms with Crippen LogP contribution in [0.2, 0.25) is 0 Å². The van der Waals surface area contributed by atoms with Crippen molar-refractivity contribution in [2.45, 2.75) is 333 Å². The molecule has 0 aromatic heterocycles. The number of carbonyl (C=O) groups is 2. The van der Waals surface area contributed by atoms with Crippen LogP contribution in [0.25, 0.3) is 0 Å². The normalized spacial score (nSPS) is 18.8.